The van der Waals surface area contributed by atoms with Crippen molar-refractivity contribution in [2.45, 2.75) is 206 Å². The highest BCUT2D eigenvalue weighted by atomic mass is 32.3. The van der Waals surface area contributed by atoms with Crippen molar-refractivity contribution in [1.29, 1.82) is 0 Å². The third-order valence-corrected chi connectivity index (χ3v) is 23.1. The van der Waals surface area contributed by atoms with Gasteiger partial charge in [-0.2, -0.15) is 58.9 Å². The molecule has 7 N–H and O–H groups in total. The maximum absolute atomic E-state index is 15.3. The number of hydrogen-bond acceptors (Lipinski definition) is 28. The number of unbranched alkanes of at least 4 members (excludes halogenated alkanes) is 3. The molecule has 6 fully saturated rings. The molecule has 7 aliphatic rings. The summed E-state index contributed by atoms with van der Waals surface area (Å²) in [5.74, 6) is -1.70. The first-order valence-corrected chi connectivity index (χ1v) is 37.9. The molecule has 0 spiro atoms. The Bertz CT molecular complexity index is 3540. The van der Waals surface area contributed by atoms with Crippen LogP contribution in [0.3, 0.4) is 0 Å². The quantitative estimate of drug-likeness (QED) is 0.0283. The molecule has 19 atom stereocenters. The van der Waals surface area contributed by atoms with E-state index in [4.69, 9.17) is 32.1 Å². The Labute approximate surface area is 523 Å². The van der Waals surface area contributed by atoms with Crippen molar-refractivity contribution in [3.63, 3.8) is 0 Å². The van der Waals surface area contributed by atoms with Crippen molar-refractivity contribution in [3.8, 4) is 0 Å². The third-order valence-electron chi connectivity index (χ3n) is 19.9. The molecular formula is C48H78O35S7. The van der Waals surface area contributed by atoms with Crippen LogP contribution in [0.1, 0.15) is 139 Å². The smallest absolute Gasteiger partial charge is 0.397 e. The van der Waals surface area contributed by atoms with Crippen molar-refractivity contribution in [2.24, 2.45) is 50.2 Å². The number of esters is 1. The summed E-state index contributed by atoms with van der Waals surface area (Å²) in [6, 6.07) is 0. The largest absolute Gasteiger partial charge is 0.465 e. The molecule has 7 unspecified atom stereocenters. The van der Waals surface area contributed by atoms with E-state index in [1.54, 1.807) is 19.9 Å². The van der Waals surface area contributed by atoms with E-state index >= 15 is 4.79 Å². The molecule has 90 heavy (non-hydrogen) atoms. The molecule has 0 aromatic rings. The fraction of sp³-hybridized carbons (Fsp3) is 0.917. The maximum atomic E-state index is 15.3. The second-order valence-corrected chi connectivity index (χ2v) is 33.4. The zero-order chi connectivity index (χ0) is 67.8. The van der Waals surface area contributed by atoms with Gasteiger partial charge in [0.25, 0.3) is 0 Å². The molecule has 0 radical (unpaired) electrons. The highest BCUT2D eigenvalue weighted by molar-refractivity contribution is 7.82. The van der Waals surface area contributed by atoms with Crippen molar-refractivity contribution in [3.05, 3.63) is 11.6 Å². The Hall–Kier alpha value is -2.19. The van der Waals surface area contributed by atoms with Crippen LogP contribution in [0, 0.1) is 50.2 Å². The molecule has 35 nitrogen and oxygen atoms in total. The maximum Gasteiger partial charge on any atom is 0.397 e. The highest BCUT2D eigenvalue weighted by Crippen LogP contribution is 2.75. The molecule has 7 rings (SSSR count). The van der Waals surface area contributed by atoms with Gasteiger partial charge in [0, 0.05) is 5.92 Å². The summed E-state index contributed by atoms with van der Waals surface area (Å²) in [6.45, 7) is 12.6. The summed E-state index contributed by atoms with van der Waals surface area (Å²) in [6.07, 6.45) is -21.4. The van der Waals surface area contributed by atoms with Crippen LogP contribution in [0.5, 0.6) is 0 Å². The van der Waals surface area contributed by atoms with Gasteiger partial charge < -0.3 is 23.7 Å². The number of ketones is 1. The van der Waals surface area contributed by atoms with Gasteiger partial charge in [0.15, 0.2) is 30.6 Å². The van der Waals surface area contributed by atoms with Crippen LogP contribution < -0.4 is 0 Å². The average Bonchev–Trinajstić information content (AvgIpc) is 0.702. The van der Waals surface area contributed by atoms with Gasteiger partial charge in [0.2, 0.25) is 0 Å². The lowest BCUT2D eigenvalue weighted by atomic mass is 9.33. The van der Waals surface area contributed by atoms with Crippen LogP contribution in [0.15, 0.2) is 11.6 Å². The monoisotopic (exact) mass is 1440 g/mol. The standard InChI is InChI=1S/C48H78O35S7/c1-9-10-11-12-21-72-42(50)45(5)18-17-44(4)19-20-47(7)26(27(44)23-45)22-28(49)39-46(6)15-14-32(43(2,3)31(46)13-16-48(39,47)8)77-40-37(82-89(66,67)68)35(80-87(60,61)62)33(29(75-40)24-73-84(51,52)53)78-41-38(83-90(69,70)71)36(81-88(63,64)65)34(79-86(57,58)59)30(76-41)25-74-85(54,55)56/h22,27,29-41H,9-21,23-25H2,1-8H3,(H,51,52,53)(H,54,55,56)(H,57,58,59)(H,60,61,62)(H,63,64,65)(H,66,67,68)(H,69,70,71)/t27?,29-,30-,31?,32?,33-,34+,35+,36+,37-,38-,39?,40+,41+,44?,45+,46?,47-,48?/m1/s1. The number of carbonyl (C=O) groups excluding carboxylic acids is 2. The molecule has 2 saturated heterocycles. The van der Waals surface area contributed by atoms with Gasteiger partial charge in [-0.15, -0.1) is 0 Å². The number of rotatable bonds is 26. The lowest BCUT2D eigenvalue weighted by Gasteiger charge is -2.70. The van der Waals surface area contributed by atoms with Crippen molar-refractivity contribution in [2.75, 3.05) is 19.8 Å². The number of ether oxygens (including phenoxy) is 5. The van der Waals surface area contributed by atoms with E-state index in [0.29, 0.717) is 32.3 Å². The molecule has 0 aromatic carbocycles. The predicted molar refractivity (Wildman–Crippen MR) is 299 cm³/mol. The van der Waals surface area contributed by atoms with Gasteiger partial charge in [-0.25, -0.2) is 29.3 Å². The molecule has 0 amide bonds. The molecule has 0 bridgehead atoms. The van der Waals surface area contributed by atoms with Crippen LogP contribution >= 0.6 is 0 Å². The molecule has 4 saturated carbocycles. The zero-order valence-electron chi connectivity index (χ0n) is 49.9. The van der Waals surface area contributed by atoms with E-state index in [1.807, 2.05) is 13.8 Å². The van der Waals surface area contributed by atoms with Crippen LogP contribution in [-0.4, -0.2) is 190 Å². The minimum atomic E-state index is -6.19. The first kappa shape index (κ1) is 75.2. The Kier molecular flexibility index (Phi) is 22.0. The van der Waals surface area contributed by atoms with E-state index in [-0.39, 0.29) is 35.9 Å². The number of allylic oxidation sites excluding steroid dienone is 2. The predicted octanol–water partition coefficient (Wildman–Crippen LogP) is 2.89. The molecule has 0 aromatic heterocycles. The third kappa shape index (κ3) is 17.1. The van der Waals surface area contributed by atoms with Crippen molar-refractivity contribution < 1.29 is 153 Å². The topological polar surface area (TPSA) is 525 Å². The van der Waals surface area contributed by atoms with Crippen LogP contribution in [0.4, 0.5) is 0 Å². The van der Waals surface area contributed by atoms with Crippen molar-refractivity contribution in [1.82, 2.24) is 0 Å². The lowest BCUT2D eigenvalue weighted by molar-refractivity contribution is -0.358. The molecule has 2 heterocycles. The minimum Gasteiger partial charge on any atom is -0.465 e. The first-order valence-electron chi connectivity index (χ1n) is 28.3. The van der Waals surface area contributed by atoms with Gasteiger partial charge in [-0.3, -0.25) is 41.5 Å². The number of carbonyl (C=O) groups is 2. The summed E-state index contributed by atoms with van der Waals surface area (Å²) >= 11 is 0. The molecular weight excluding hydrogens is 1360 g/mol. The van der Waals surface area contributed by atoms with Crippen LogP contribution in [-0.2, 0) is 135 Å². The normalized spacial score (nSPS) is 39.5. The zero-order valence-corrected chi connectivity index (χ0v) is 55.6. The summed E-state index contributed by atoms with van der Waals surface area (Å²) < 4.78 is 302. The first-order chi connectivity index (χ1) is 40.8. The second kappa shape index (κ2) is 26.3. The average molecular weight is 1440 g/mol. The fourth-order valence-electron chi connectivity index (χ4n) is 15.7. The lowest BCUT2D eigenvalue weighted by Crippen LogP contribution is -2.68. The van der Waals surface area contributed by atoms with Crippen molar-refractivity contribution >= 4 is 84.5 Å². The summed E-state index contributed by atoms with van der Waals surface area (Å²) in [5.41, 5.74) is -3.35. The number of hydrogen-bond donors (Lipinski definition) is 7. The summed E-state index contributed by atoms with van der Waals surface area (Å²) in [5, 5.41) is 0. The summed E-state index contributed by atoms with van der Waals surface area (Å²) in [7, 11) is -42.0. The van der Waals surface area contributed by atoms with E-state index in [1.165, 1.54) is 0 Å². The van der Waals surface area contributed by atoms with Gasteiger partial charge >= 0.3 is 78.8 Å². The van der Waals surface area contributed by atoms with E-state index in [9.17, 15) is 95.6 Å². The van der Waals surface area contributed by atoms with E-state index in [0.717, 1.165) is 50.5 Å². The Morgan fingerprint density at radius 1 is 0.544 bits per heavy atom. The summed E-state index contributed by atoms with van der Waals surface area (Å²) in [4.78, 5) is 29.2. The van der Waals surface area contributed by atoms with Crippen LogP contribution in [0.2, 0.25) is 0 Å². The van der Waals surface area contributed by atoms with E-state index in [2.05, 4.69) is 48.6 Å². The molecule has 42 heteroatoms. The van der Waals surface area contributed by atoms with Gasteiger partial charge in [-0.1, -0.05) is 73.3 Å². The fourth-order valence-corrected chi connectivity index (χ4v) is 18.8. The SMILES string of the molecule is CCCCCCOC(=O)[C@@]1(C)CCC2(C)CC[C@]3(C)C(=CC(=O)C4C5(C)CCC(O[C@@H]6O[C@H](COS(=O)(=O)O)[C@@H](O[C@@H]7O[C@H](COS(=O)(=O)O)[C@H](OS(=O)(=O)O)[C@H](OS(=O)(=O)O)[C@H]7OS(=O)(=O)O)[C@H](OS(=O)(=O)O)[C@H]6OS(=O)(=O)O)C(C)(C)C5CCC43C)C2C1. The highest BCUT2D eigenvalue weighted by Gasteiger charge is 2.71. The van der Waals surface area contributed by atoms with E-state index < -0.39 is 192 Å². The van der Waals surface area contributed by atoms with Gasteiger partial charge in [-0.05, 0) is 116 Å². The Morgan fingerprint density at radius 3 is 1.51 bits per heavy atom. The Balaban J connectivity index is 1.27. The Morgan fingerprint density at radius 2 is 1.01 bits per heavy atom. The molecule has 5 aliphatic carbocycles. The molecule has 522 valence electrons. The van der Waals surface area contributed by atoms with Gasteiger partial charge in [0.1, 0.15) is 36.6 Å². The minimum absolute atomic E-state index is 0.0688. The molecule has 2 aliphatic heterocycles. The van der Waals surface area contributed by atoms with Gasteiger partial charge in [0.05, 0.1) is 31.3 Å². The number of fused-ring (bicyclic) bond motifs is 7. The van der Waals surface area contributed by atoms with Crippen LogP contribution in [0.25, 0.3) is 0 Å². The second-order valence-electron chi connectivity index (χ2n) is 26.0.